The summed E-state index contributed by atoms with van der Waals surface area (Å²) in [6.07, 6.45) is 0. The lowest BCUT2D eigenvalue weighted by Gasteiger charge is -2.15. The molecule has 1 unspecified atom stereocenters. The fourth-order valence-electron chi connectivity index (χ4n) is 1.11. The van der Waals surface area contributed by atoms with Gasteiger partial charge in [0.2, 0.25) is 0 Å². The smallest absolute Gasteiger partial charge is 0.0431 e. The molecule has 0 aliphatic carbocycles. The average Bonchev–Trinajstić information content (AvgIpc) is 1.58. The van der Waals surface area contributed by atoms with Gasteiger partial charge in [-0.3, -0.25) is 0 Å². The van der Waals surface area contributed by atoms with Crippen LogP contribution in [0.15, 0.2) is 0 Å². The van der Waals surface area contributed by atoms with Crippen molar-refractivity contribution in [2.24, 2.45) is 11.8 Å². The number of hydrogen-bond donors (Lipinski definition) is 0. The first-order valence-corrected chi connectivity index (χ1v) is 4.71. The van der Waals surface area contributed by atoms with E-state index in [0.717, 1.165) is 11.8 Å². The Morgan fingerprint density at radius 3 is 1.50 bits per heavy atom. The van der Waals surface area contributed by atoms with Crippen LogP contribution in [-0.4, -0.2) is 17.8 Å². The molecule has 0 rings (SSSR count). The van der Waals surface area contributed by atoms with Gasteiger partial charge in [0.25, 0.3) is 0 Å². The van der Waals surface area contributed by atoms with E-state index in [-0.39, 0.29) is 0 Å². The summed E-state index contributed by atoms with van der Waals surface area (Å²) in [6.45, 7) is 11.5. The Morgan fingerprint density at radius 2 is 1.30 bits per heavy atom. The molecule has 0 radical (unpaired) electrons. The maximum absolute atomic E-state index is 2.43. The number of nitrogens with zero attached hydrogens (tertiary/aromatic N) is 1. The highest BCUT2D eigenvalue weighted by molar-refractivity contribution is 7.13. The first kappa shape index (κ1) is 10.4. The van der Waals surface area contributed by atoms with Crippen molar-refractivity contribution in [1.82, 2.24) is 4.67 Å². The van der Waals surface area contributed by atoms with E-state index in [1.54, 1.807) is 0 Å². The summed E-state index contributed by atoms with van der Waals surface area (Å²) in [7, 11) is 2.00. The zero-order valence-corrected chi connectivity index (χ0v) is 9.14. The molecule has 1 atom stereocenters. The van der Waals surface area contributed by atoms with Gasteiger partial charge in [0.1, 0.15) is 0 Å². The average molecular weight is 162 g/mol. The van der Waals surface area contributed by atoms with Gasteiger partial charge in [-0.1, -0.05) is 27.7 Å². The Labute approximate surface area is 67.4 Å². The van der Waals surface area contributed by atoms with Crippen LogP contribution in [0.2, 0.25) is 0 Å². The fourth-order valence-corrected chi connectivity index (χ4v) is 2.14. The number of hydrogen-bond acceptors (Lipinski definition) is 1. The summed E-state index contributed by atoms with van der Waals surface area (Å²) in [5, 5.41) is 0. The molecule has 0 N–H and O–H groups in total. The highest BCUT2D eigenvalue weighted by atomic mass is 31.0. The SMILES string of the molecule is CC(C)CN([PH3+])CC(C)C. The molecule has 0 amide bonds. The summed E-state index contributed by atoms with van der Waals surface area (Å²) < 4.78 is 2.43. The first-order valence-electron chi connectivity index (χ1n) is 4.07. The Bertz CT molecular complexity index is 71.3. The molecule has 62 valence electrons. The Hall–Kier alpha value is 0.390. The van der Waals surface area contributed by atoms with Crippen molar-refractivity contribution in [3.63, 3.8) is 0 Å². The molecule has 0 aliphatic rings. The molecule has 0 heterocycles. The van der Waals surface area contributed by atoms with Crippen molar-refractivity contribution >= 4 is 9.39 Å². The van der Waals surface area contributed by atoms with E-state index in [4.69, 9.17) is 0 Å². The second-order valence-corrected chi connectivity index (χ2v) is 4.72. The molecule has 0 fully saturated rings. The summed E-state index contributed by atoms with van der Waals surface area (Å²) in [6, 6.07) is 0. The minimum atomic E-state index is 0.802. The highest BCUT2D eigenvalue weighted by Crippen LogP contribution is 2.07. The van der Waals surface area contributed by atoms with Gasteiger partial charge < -0.3 is 0 Å². The lowest BCUT2D eigenvalue weighted by atomic mass is 10.2. The fraction of sp³-hybridized carbons (Fsp3) is 1.00. The molecule has 0 aromatic heterocycles. The summed E-state index contributed by atoms with van der Waals surface area (Å²) >= 11 is 0. The third kappa shape index (κ3) is 6.51. The lowest BCUT2D eigenvalue weighted by Crippen LogP contribution is -2.21. The van der Waals surface area contributed by atoms with Crippen LogP contribution in [0.4, 0.5) is 0 Å². The molecule has 0 spiro atoms. The molecule has 0 aromatic rings. The summed E-state index contributed by atoms with van der Waals surface area (Å²) in [5.74, 6) is 1.60. The Kier molecular flexibility index (Phi) is 5.29. The van der Waals surface area contributed by atoms with E-state index in [1.807, 2.05) is 9.39 Å². The zero-order valence-electron chi connectivity index (χ0n) is 7.72. The van der Waals surface area contributed by atoms with Crippen LogP contribution in [-0.2, 0) is 0 Å². The summed E-state index contributed by atoms with van der Waals surface area (Å²) in [4.78, 5) is 0. The maximum Gasteiger partial charge on any atom is 0.0431 e. The van der Waals surface area contributed by atoms with Gasteiger partial charge in [-0.2, -0.15) is 4.67 Å². The molecular formula is C8H21NP+. The van der Waals surface area contributed by atoms with Gasteiger partial charge in [0.15, 0.2) is 0 Å². The van der Waals surface area contributed by atoms with E-state index in [0.29, 0.717) is 0 Å². The van der Waals surface area contributed by atoms with Gasteiger partial charge in [-0.25, -0.2) is 0 Å². The normalized spacial score (nSPS) is 12.3. The molecular weight excluding hydrogens is 141 g/mol. The molecule has 0 saturated carbocycles. The van der Waals surface area contributed by atoms with Crippen LogP contribution in [0.5, 0.6) is 0 Å². The topological polar surface area (TPSA) is 3.24 Å². The largest absolute Gasteiger partial charge is 0.187 e. The van der Waals surface area contributed by atoms with Crippen molar-refractivity contribution in [3.05, 3.63) is 0 Å². The summed E-state index contributed by atoms with van der Waals surface area (Å²) in [5.41, 5.74) is 0. The van der Waals surface area contributed by atoms with Crippen molar-refractivity contribution in [2.75, 3.05) is 13.1 Å². The van der Waals surface area contributed by atoms with Crippen LogP contribution in [0.3, 0.4) is 0 Å². The Morgan fingerprint density at radius 1 is 1.00 bits per heavy atom. The molecule has 0 bridgehead atoms. The molecule has 2 heteroatoms. The van der Waals surface area contributed by atoms with Crippen LogP contribution in [0.1, 0.15) is 27.7 Å². The molecule has 10 heavy (non-hydrogen) atoms. The monoisotopic (exact) mass is 162 g/mol. The van der Waals surface area contributed by atoms with E-state index in [9.17, 15) is 0 Å². The molecule has 1 nitrogen and oxygen atoms in total. The van der Waals surface area contributed by atoms with E-state index >= 15 is 0 Å². The van der Waals surface area contributed by atoms with E-state index in [2.05, 4.69) is 32.4 Å². The number of rotatable bonds is 4. The van der Waals surface area contributed by atoms with Gasteiger partial charge in [-0.15, -0.1) is 0 Å². The van der Waals surface area contributed by atoms with Crippen molar-refractivity contribution in [2.45, 2.75) is 27.7 Å². The third-order valence-electron chi connectivity index (χ3n) is 1.25. The van der Waals surface area contributed by atoms with E-state index in [1.165, 1.54) is 13.1 Å². The minimum Gasteiger partial charge on any atom is -0.187 e. The third-order valence-corrected chi connectivity index (χ3v) is 1.76. The standard InChI is InChI=1S/C8H20NP/c1-7(2)5-9(10)6-8(3)4/h7-8H,5-6,10H2,1-4H3/p+1. The van der Waals surface area contributed by atoms with Crippen LogP contribution in [0, 0.1) is 11.8 Å². The van der Waals surface area contributed by atoms with Crippen molar-refractivity contribution < 1.29 is 0 Å². The van der Waals surface area contributed by atoms with Crippen molar-refractivity contribution in [1.29, 1.82) is 0 Å². The highest BCUT2D eigenvalue weighted by Gasteiger charge is 2.06. The van der Waals surface area contributed by atoms with Gasteiger partial charge >= 0.3 is 0 Å². The maximum atomic E-state index is 2.43. The van der Waals surface area contributed by atoms with Gasteiger partial charge in [0.05, 0.1) is 0 Å². The predicted molar refractivity (Wildman–Crippen MR) is 52.4 cm³/mol. The molecule has 0 aromatic carbocycles. The van der Waals surface area contributed by atoms with Gasteiger partial charge in [-0.05, 0) is 11.8 Å². The molecule has 0 saturated heterocycles. The predicted octanol–water partition coefficient (Wildman–Crippen LogP) is 2.12. The molecule has 0 aliphatic heterocycles. The minimum absolute atomic E-state index is 0.802. The van der Waals surface area contributed by atoms with Crippen LogP contribution in [0.25, 0.3) is 0 Å². The zero-order chi connectivity index (χ0) is 8.15. The van der Waals surface area contributed by atoms with E-state index < -0.39 is 0 Å². The van der Waals surface area contributed by atoms with Crippen molar-refractivity contribution in [3.8, 4) is 0 Å². The van der Waals surface area contributed by atoms with Crippen LogP contribution >= 0.6 is 9.39 Å². The first-order chi connectivity index (χ1) is 4.52. The Balaban J connectivity index is 3.34. The van der Waals surface area contributed by atoms with Gasteiger partial charge in [0, 0.05) is 22.5 Å². The quantitative estimate of drug-likeness (QED) is 0.572. The van der Waals surface area contributed by atoms with Crippen LogP contribution < -0.4 is 0 Å². The lowest BCUT2D eigenvalue weighted by molar-refractivity contribution is 0.363. The second-order valence-electron chi connectivity index (χ2n) is 3.82. The second kappa shape index (κ2) is 5.09.